The first-order valence-electron chi connectivity index (χ1n) is 12.3. The minimum atomic E-state index is 0.245. The molecular weight excluding hydrogens is 330 g/mol. The zero-order chi connectivity index (χ0) is 20.2. The summed E-state index contributed by atoms with van der Waals surface area (Å²) >= 11 is 0. The van der Waals surface area contributed by atoms with E-state index >= 15 is 0 Å². The Morgan fingerprint density at radius 1 is 0.556 bits per heavy atom. The topological polar surface area (TPSA) is 12.5 Å². The molecule has 27 heavy (non-hydrogen) atoms. The number of hydrogen-bond donors (Lipinski definition) is 0. The molecule has 2 nitrogen and oxygen atoms in total. The van der Waals surface area contributed by atoms with Crippen LogP contribution in [0.4, 0.5) is 0 Å². The smallest absolute Gasteiger partial charge is 0.0483 e. The fourth-order valence-corrected chi connectivity index (χ4v) is 3.40. The molecule has 164 valence electrons. The zero-order valence-electron chi connectivity index (χ0n) is 19.8. The molecule has 0 unspecified atom stereocenters. The summed E-state index contributed by atoms with van der Waals surface area (Å²) in [6.07, 6.45) is 23.9. The van der Waals surface area contributed by atoms with E-state index in [0.717, 1.165) is 19.6 Å². The minimum absolute atomic E-state index is 0.245. The summed E-state index contributed by atoms with van der Waals surface area (Å²) in [5.74, 6) is 0. The Morgan fingerprint density at radius 3 is 1.30 bits per heavy atom. The maximum atomic E-state index is 5.81. The summed E-state index contributed by atoms with van der Waals surface area (Å²) in [4.78, 5) is 2.28. The average Bonchev–Trinajstić information content (AvgIpc) is 2.63. The molecule has 0 N–H and O–H groups in total. The number of rotatable bonds is 21. The third kappa shape index (κ3) is 19.0. The summed E-state index contributed by atoms with van der Waals surface area (Å²) in [7, 11) is 4.30. The second-order valence-electron chi connectivity index (χ2n) is 9.37. The first kappa shape index (κ1) is 26.9. The molecule has 0 bridgehead atoms. The third-order valence-electron chi connectivity index (χ3n) is 6.21. The van der Waals surface area contributed by atoms with Gasteiger partial charge in [0.1, 0.15) is 0 Å². The van der Waals surface area contributed by atoms with Crippen LogP contribution in [0.1, 0.15) is 130 Å². The van der Waals surface area contributed by atoms with Crippen LogP contribution in [-0.4, -0.2) is 37.7 Å². The van der Waals surface area contributed by atoms with Gasteiger partial charge in [0.2, 0.25) is 0 Å². The van der Waals surface area contributed by atoms with Crippen LogP contribution in [-0.2, 0) is 4.74 Å². The lowest BCUT2D eigenvalue weighted by atomic mass is 10.0. The molecular formula is C25H53NO. The van der Waals surface area contributed by atoms with Gasteiger partial charge < -0.3 is 9.64 Å². The highest BCUT2D eigenvalue weighted by atomic mass is 16.5. The molecule has 0 heterocycles. The van der Waals surface area contributed by atoms with Crippen LogP contribution < -0.4 is 0 Å². The predicted octanol–water partition coefficient (Wildman–Crippen LogP) is 7.99. The van der Waals surface area contributed by atoms with Gasteiger partial charge in [0.15, 0.2) is 0 Å². The lowest BCUT2D eigenvalue weighted by Crippen LogP contribution is -2.39. The predicted molar refractivity (Wildman–Crippen MR) is 123 cm³/mol. The Balaban J connectivity index is 3.11. The second-order valence-corrected chi connectivity index (χ2v) is 9.37. The average molecular weight is 384 g/mol. The van der Waals surface area contributed by atoms with Crippen LogP contribution in [0.3, 0.4) is 0 Å². The van der Waals surface area contributed by atoms with E-state index in [4.69, 9.17) is 4.74 Å². The second kappa shape index (κ2) is 19.2. The van der Waals surface area contributed by atoms with Crippen molar-refractivity contribution in [1.82, 2.24) is 4.90 Å². The van der Waals surface area contributed by atoms with Gasteiger partial charge in [0.05, 0.1) is 0 Å². The van der Waals surface area contributed by atoms with Crippen LogP contribution in [0.15, 0.2) is 0 Å². The molecule has 2 heteroatoms. The molecule has 0 fully saturated rings. The van der Waals surface area contributed by atoms with E-state index in [-0.39, 0.29) is 5.54 Å². The molecule has 0 aromatic carbocycles. The lowest BCUT2D eigenvalue weighted by molar-refractivity contribution is 0.0813. The van der Waals surface area contributed by atoms with Crippen LogP contribution >= 0.6 is 0 Å². The molecule has 0 aromatic heterocycles. The molecule has 0 aliphatic rings. The Kier molecular flexibility index (Phi) is 19.2. The van der Waals surface area contributed by atoms with Gasteiger partial charge in [-0.05, 0) is 40.8 Å². The Morgan fingerprint density at radius 2 is 0.926 bits per heavy atom. The van der Waals surface area contributed by atoms with E-state index in [1.807, 2.05) is 0 Å². The normalized spacial score (nSPS) is 12.2. The Bertz CT molecular complexity index is 288. The molecule has 0 atom stereocenters. The van der Waals surface area contributed by atoms with Crippen molar-refractivity contribution in [2.75, 3.05) is 27.3 Å². The molecule has 0 amide bonds. The molecule has 0 spiro atoms. The summed E-state index contributed by atoms with van der Waals surface area (Å²) in [5, 5.41) is 0. The monoisotopic (exact) mass is 383 g/mol. The molecule has 0 aliphatic heterocycles. The van der Waals surface area contributed by atoms with Crippen LogP contribution in [0.5, 0.6) is 0 Å². The van der Waals surface area contributed by atoms with Gasteiger partial charge in [-0.2, -0.15) is 0 Å². The van der Waals surface area contributed by atoms with E-state index in [1.54, 1.807) is 0 Å². The van der Waals surface area contributed by atoms with E-state index in [2.05, 4.69) is 39.8 Å². The zero-order valence-corrected chi connectivity index (χ0v) is 19.8. The van der Waals surface area contributed by atoms with E-state index in [0.29, 0.717) is 0 Å². The van der Waals surface area contributed by atoms with Gasteiger partial charge in [0.25, 0.3) is 0 Å². The first-order valence-corrected chi connectivity index (χ1v) is 12.3. The van der Waals surface area contributed by atoms with Crippen molar-refractivity contribution in [3.63, 3.8) is 0 Å². The maximum Gasteiger partial charge on any atom is 0.0483 e. The van der Waals surface area contributed by atoms with Crippen molar-refractivity contribution in [3.05, 3.63) is 0 Å². The standard InChI is InChI=1S/C25H53NO/c1-6-7-8-9-10-11-12-13-14-15-16-17-18-19-20-21-23-27-24-22-25(2,3)26(4)5/h6-24H2,1-5H3. The third-order valence-corrected chi connectivity index (χ3v) is 6.21. The molecule has 0 aliphatic carbocycles. The highest BCUT2D eigenvalue weighted by molar-refractivity contribution is 4.76. The van der Waals surface area contributed by atoms with Gasteiger partial charge in [0, 0.05) is 18.8 Å². The van der Waals surface area contributed by atoms with E-state index < -0.39 is 0 Å². The molecule has 0 saturated carbocycles. The highest BCUT2D eigenvalue weighted by Gasteiger charge is 2.19. The Labute approximate surface area is 172 Å². The van der Waals surface area contributed by atoms with E-state index in [1.165, 1.54) is 103 Å². The summed E-state index contributed by atoms with van der Waals surface area (Å²) in [6, 6.07) is 0. The largest absolute Gasteiger partial charge is 0.381 e. The van der Waals surface area contributed by atoms with Gasteiger partial charge in [-0.25, -0.2) is 0 Å². The summed E-state index contributed by atoms with van der Waals surface area (Å²) < 4.78 is 5.81. The van der Waals surface area contributed by atoms with Crippen molar-refractivity contribution in [2.24, 2.45) is 0 Å². The quantitative estimate of drug-likeness (QED) is 0.186. The minimum Gasteiger partial charge on any atom is -0.381 e. The van der Waals surface area contributed by atoms with Gasteiger partial charge in [-0.3, -0.25) is 0 Å². The highest BCUT2D eigenvalue weighted by Crippen LogP contribution is 2.15. The first-order chi connectivity index (χ1) is 13.0. The van der Waals surface area contributed by atoms with Crippen LogP contribution in [0, 0.1) is 0 Å². The van der Waals surface area contributed by atoms with Crippen molar-refractivity contribution in [1.29, 1.82) is 0 Å². The van der Waals surface area contributed by atoms with Crippen molar-refractivity contribution in [2.45, 2.75) is 135 Å². The Hall–Kier alpha value is -0.0800. The number of ether oxygens (including phenoxy) is 1. The molecule has 0 radical (unpaired) electrons. The maximum absolute atomic E-state index is 5.81. The van der Waals surface area contributed by atoms with Crippen LogP contribution in [0.25, 0.3) is 0 Å². The number of nitrogens with zero attached hydrogens (tertiary/aromatic N) is 1. The lowest BCUT2D eigenvalue weighted by Gasteiger charge is -2.32. The van der Waals surface area contributed by atoms with Crippen molar-refractivity contribution >= 4 is 0 Å². The van der Waals surface area contributed by atoms with Gasteiger partial charge >= 0.3 is 0 Å². The number of hydrogen-bond acceptors (Lipinski definition) is 2. The fourth-order valence-electron chi connectivity index (χ4n) is 3.40. The molecule has 0 aromatic rings. The van der Waals surface area contributed by atoms with Crippen molar-refractivity contribution in [3.8, 4) is 0 Å². The SMILES string of the molecule is CCCCCCCCCCCCCCCCCCOCCC(C)(C)N(C)C. The van der Waals surface area contributed by atoms with Gasteiger partial charge in [-0.1, -0.05) is 103 Å². The van der Waals surface area contributed by atoms with Crippen molar-refractivity contribution < 1.29 is 4.74 Å². The fraction of sp³-hybridized carbons (Fsp3) is 1.00. The van der Waals surface area contributed by atoms with Gasteiger partial charge in [-0.15, -0.1) is 0 Å². The molecule has 0 saturated heterocycles. The summed E-state index contributed by atoms with van der Waals surface area (Å²) in [5.41, 5.74) is 0.245. The number of unbranched alkanes of at least 4 members (excludes halogenated alkanes) is 15. The van der Waals surface area contributed by atoms with Crippen LogP contribution in [0.2, 0.25) is 0 Å². The molecule has 0 rings (SSSR count). The summed E-state index contributed by atoms with van der Waals surface area (Å²) in [6.45, 7) is 8.70. The van der Waals surface area contributed by atoms with E-state index in [9.17, 15) is 0 Å².